The van der Waals surface area contributed by atoms with Crippen LogP contribution in [0.3, 0.4) is 0 Å². The highest BCUT2D eigenvalue weighted by molar-refractivity contribution is 6.31. The second-order valence-corrected chi connectivity index (χ2v) is 8.34. The summed E-state index contributed by atoms with van der Waals surface area (Å²) in [6.45, 7) is -0.0936. The van der Waals surface area contributed by atoms with Crippen molar-refractivity contribution in [1.82, 2.24) is 25.3 Å². The van der Waals surface area contributed by atoms with Crippen molar-refractivity contribution in [2.45, 2.75) is 12.5 Å². The average molecular weight is 510 g/mol. The second kappa shape index (κ2) is 10.8. The Morgan fingerprint density at radius 1 is 1.03 bits per heavy atom. The Balaban J connectivity index is 1.34. The highest BCUT2D eigenvalue weighted by Gasteiger charge is 2.32. The lowest BCUT2D eigenvalue weighted by molar-refractivity contribution is -0.279. The van der Waals surface area contributed by atoms with Crippen molar-refractivity contribution in [1.29, 1.82) is 0 Å². The zero-order chi connectivity index (χ0) is 24.9. The monoisotopic (exact) mass is 509 g/mol. The molecule has 1 N–H and O–H groups in total. The predicted octanol–water partition coefficient (Wildman–Crippen LogP) is 3.61. The molecule has 1 aromatic heterocycles. The van der Waals surface area contributed by atoms with E-state index in [0.29, 0.717) is 28.5 Å². The predicted molar refractivity (Wildman–Crippen MR) is 129 cm³/mol. The number of anilines is 2. The van der Waals surface area contributed by atoms with E-state index in [-0.39, 0.29) is 19.4 Å². The molecule has 0 saturated carbocycles. The molecule has 0 radical (unpaired) electrons. The summed E-state index contributed by atoms with van der Waals surface area (Å²) < 4.78 is 15.1. The Bertz CT molecular complexity index is 1320. The molecule has 4 aromatic rings. The maximum absolute atomic E-state index is 13.7. The van der Waals surface area contributed by atoms with Crippen LogP contribution in [0.5, 0.6) is 0 Å². The molecule has 0 spiro atoms. The molecule has 1 atom stereocenters. The number of carbonyl (C=O) groups is 1. The zero-order valence-electron chi connectivity index (χ0n) is 18.9. The minimum Gasteiger partial charge on any atom is -0.325 e. The normalized spacial score (nSPS) is 15.0. The summed E-state index contributed by atoms with van der Waals surface area (Å²) >= 11 is 6.22. The number of nitrogens with one attached hydrogen (secondary N) is 1. The standard InChI is InChI=1S/C24H21ClFN7O3/c25-18-9-10-21(31-14-27-29-30-31)22(12-18)32-15-36-33(16-35-32)23(11-17-5-2-1-3-6-17)24(34)28-20-8-4-7-19(26)13-20/h1-10,12-14,23H,11,15-16H2,(H,28,34). The van der Waals surface area contributed by atoms with Crippen LogP contribution in [0.4, 0.5) is 15.8 Å². The van der Waals surface area contributed by atoms with E-state index in [0.717, 1.165) is 5.56 Å². The van der Waals surface area contributed by atoms with Crippen molar-refractivity contribution in [2.24, 2.45) is 0 Å². The topological polar surface area (TPSA) is 97.6 Å². The molecule has 10 nitrogen and oxygen atoms in total. The van der Waals surface area contributed by atoms with Gasteiger partial charge >= 0.3 is 0 Å². The van der Waals surface area contributed by atoms with Gasteiger partial charge in [0.15, 0.2) is 13.5 Å². The molecule has 3 aromatic carbocycles. The van der Waals surface area contributed by atoms with Gasteiger partial charge in [0, 0.05) is 10.7 Å². The van der Waals surface area contributed by atoms with Crippen molar-refractivity contribution in [2.75, 3.05) is 23.8 Å². The fourth-order valence-corrected chi connectivity index (χ4v) is 3.93. The number of hydrogen-bond acceptors (Lipinski definition) is 8. The number of carbonyl (C=O) groups excluding carboxylic acids is 1. The number of tetrazole rings is 1. The number of nitrogens with zero attached hydrogens (tertiary/aromatic N) is 6. The van der Waals surface area contributed by atoms with Gasteiger partial charge in [-0.05, 0) is 58.8 Å². The molecule has 184 valence electrons. The number of aromatic nitrogens is 4. The third-order valence-corrected chi connectivity index (χ3v) is 5.73. The molecule has 1 aliphatic rings. The highest BCUT2D eigenvalue weighted by Crippen LogP contribution is 2.30. The quantitative estimate of drug-likeness (QED) is 0.403. The van der Waals surface area contributed by atoms with Crippen LogP contribution in [-0.2, 0) is 20.9 Å². The van der Waals surface area contributed by atoms with Crippen LogP contribution in [0, 0.1) is 5.82 Å². The van der Waals surface area contributed by atoms with Gasteiger partial charge in [0.1, 0.15) is 18.2 Å². The second-order valence-electron chi connectivity index (χ2n) is 7.90. The first-order valence-corrected chi connectivity index (χ1v) is 11.4. The Labute approximate surface area is 210 Å². The van der Waals surface area contributed by atoms with Gasteiger partial charge in [0.2, 0.25) is 5.91 Å². The van der Waals surface area contributed by atoms with Crippen molar-refractivity contribution in [3.05, 3.63) is 95.5 Å². The number of benzene rings is 3. The summed E-state index contributed by atoms with van der Waals surface area (Å²) in [5, 5.41) is 17.5. The van der Waals surface area contributed by atoms with Crippen LogP contribution in [0.2, 0.25) is 5.02 Å². The van der Waals surface area contributed by atoms with Crippen molar-refractivity contribution >= 4 is 28.9 Å². The van der Waals surface area contributed by atoms with Crippen LogP contribution in [0.25, 0.3) is 5.69 Å². The third-order valence-electron chi connectivity index (χ3n) is 5.50. The summed E-state index contributed by atoms with van der Waals surface area (Å²) in [6.07, 6.45) is 1.80. The number of hydroxylamine groups is 3. The number of amides is 1. The van der Waals surface area contributed by atoms with Gasteiger partial charge in [-0.25, -0.2) is 9.45 Å². The van der Waals surface area contributed by atoms with Gasteiger partial charge in [0.05, 0.1) is 11.4 Å². The SMILES string of the molecule is O=C(Nc1cccc(F)c1)C(Cc1ccccc1)N1CON(c2cc(Cl)ccc2-n2cnnn2)CO1. The van der Waals surface area contributed by atoms with E-state index in [1.54, 1.807) is 24.3 Å². The van der Waals surface area contributed by atoms with E-state index >= 15 is 0 Å². The van der Waals surface area contributed by atoms with Crippen molar-refractivity contribution in [3.8, 4) is 5.69 Å². The Morgan fingerprint density at radius 2 is 1.89 bits per heavy atom. The first kappa shape index (κ1) is 23.8. The molecule has 1 amide bonds. The summed E-state index contributed by atoms with van der Waals surface area (Å²) in [6, 6.07) is 19.7. The van der Waals surface area contributed by atoms with E-state index in [1.165, 1.54) is 39.3 Å². The van der Waals surface area contributed by atoms with Crippen LogP contribution in [-0.4, -0.2) is 50.7 Å². The fourth-order valence-electron chi connectivity index (χ4n) is 3.76. The van der Waals surface area contributed by atoms with E-state index in [1.807, 2.05) is 30.3 Å². The molecule has 2 heterocycles. The minimum absolute atomic E-state index is 0.0337. The summed E-state index contributed by atoms with van der Waals surface area (Å²) in [5.74, 6) is -0.806. The van der Waals surface area contributed by atoms with Crippen LogP contribution < -0.4 is 10.4 Å². The number of rotatable bonds is 7. The zero-order valence-corrected chi connectivity index (χ0v) is 19.6. The molecule has 1 aliphatic heterocycles. The van der Waals surface area contributed by atoms with Crippen molar-refractivity contribution < 1.29 is 18.9 Å². The van der Waals surface area contributed by atoms with E-state index in [9.17, 15) is 9.18 Å². The maximum atomic E-state index is 13.7. The molecular formula is C24H21ClFN7O3. The van der Waals surface area contributed by atoms with Crippen LogP contribution in [0.15, 0.2) is 79.1 Å². The molecule has 1 saturated heterocycles. The molecule has 0 aliphatic carbocycles. The lowest BCUT2D eigenvalue weighted by Gasteiger charge is -2.38. The Morgan fingerprint density at radius 3 is 2.61 bits per heavy atom. The van der Waals surface area contributed by atoms with Gasteiger partial charge < -0.3 is 5.32 Å². The first-order valence-electron chi connectivity index (χ1n) is 11.0. The maximum Gasteiger partial charge on any atom is 0.244 e. The largest absolute Gasteiger partial charge is 0.325 e. The van der Waals surface area contributed by atoms with Gasteiger partial charge in [-0.3, -0.25) is 14.5 Å². The molecule has 0 bridgehead atoms. The average Bonchev–Trinajstić information content (AvgIpc) is 3.43. The van der Waals surface area contributed by atoms with Gasteiger partial charge in [-0.2, -0.15) is 4.68 Å². The van der Waals surface area contributed by atoms with Gasteiger partial charge in [-0.15, -0.1) is 10.2 Å². The molecular weight excluding hydrogens is 489 g/mol. The van der Waals surface area contributed by atoms with Crippen molar-refractivity contribution in [3.63, 3.8) is 0 Å². The lowest BCUT2D eigenvalue weighted by Crippen LogP contribution is -2.52. The first-order chi connectivity index (χ1) is 17.6. The van der Waals surface area contributed by atoms with E-state index in [2.05, 4.69) is 20.8 Å². The molecule has 1 unspecified atom stereocenters. The van der Waals surface area contributed by atoms with Gasteiger partial charge in [-0.1, -0.05) is 48.0 Å². The van der Waals surface area contributed by atoms with E-state index < -0.39 is 11.9 Å². The van der Waals surface area contributed by atoms with E-state index in [4.69, 9.17) is 21.3 Å². The summed E-state index contributed by atoms with van der Waals surface area (Å²) in [4.78, 5) is 25.2. The minimum atomic E-state index is -0.754. The smallest absolute Gasteiger partial charge is 0.244 e. The van der Waals surface area contributed by atoms with Gasteiger partial charge in [0.25, 0.3) is 0 Å². The summed E-state index contributed by atoms with van der Waals surface area (Å²) in [7, 11) is 0. The van der Waals surface area contributed by atoms with Crippen LogP contribution in [0.1, 0.15) is 5.56 Å². The molecule has 1 fully saturated rings. The Kier molecular flexibility index (Phi) is 7.14. The fraction of sp³-hybridized carbons (Fsp3) is 0.167. The highest BCUT2D eigenvalue weighted by atomic mass is 35.5. The third kappa shape index (κ3) is 5.50. The molecule has 5 rings (SSSR count). The Hall–Kier alpha value is -3.90. The number of hydrogen-bond donors (Lipinski definition) is 1. The summed E-state index contributed by atoms with van der Waals surface area (Å²) in [5.41, 5.74) is 2.49. The molecule has 12 heteroatoms. The number of halogens is 2. The lowest BCUT2D eigenvalue weighted by atomic mass is 10.1. The van der Waals surface area contributed by atoms with Crippen LogP contribution >= 0.6 is 11.6 Å². The molecule has 36 heavy (non-hydrogen) atoms.